The van der Waals surface area contributed by atoms with E-state index in [1.807, 2.05) is 6.07 Å². The number of benzene rings is 1. The standard InChI is InChI=1S/C16H24O2/c1-2-3-7-14-8-6-10-15(12-14)18-13-16-9-4-5-11-17-16/h6,8,10,12,16H,2-5,7,9,11,13H2,1H3. The van der Waals surface area contributed by atoms with Gasteiger partial charge in [-0.2, -0.15) is 0 Å². The smallest absolute Gasteiger partial charge is 0.119 e. The number of rotatable bonds is 6. The Morgan fingerprint density at radius 1 is 1.33 bits per heavy atom. The highest BCUT2D eigenvalue weighted by atomic mass is 16.5. The second kappa shape index (κ2) is 7.42. The summed E-state index contributed by atoms with van der Waals surface area (Å²) in [5.41, 5.74) is 1.37. The predicted molar refractivity (Wildman–Crippen MR) is 74.1 cm³/mol. The number of hydrogen-bond donors (Lipinski definition) is 0. The fourth-order valence-corrected chi connectivity index (χ4v) is 2.30. The molecule has 1 aromatic carbocycles. The van der Waals surface area contributed by atoms with Crippen molar-refractivity contribution in [3.63, 3.8) is 0 Å². The van der Waals surface area contributed by atoms with Gasteiger partial charge in [-0.05, 0) is 49.8 Å². The molecule has 0 bridgehead atoms. The Morgan fingerprint density at radius 2 is 2.28 bits per heavy atom. The molecule has 0 aromatic heterocycles. The van der Waals surface area contributed by atoms with Gasteiger partial charge in [0.05, 0.1) is 6.10 Å². The van der Waals surface area contributed by atoms with Crippen molar-refractivity contribution in [1.82, 2.24) is 0 Å². The van der Waals surface area contributed by atoms with Crippen LogP contribution in [0.2, 0.25) is 0 Å². The van der Waals surface area contributed by atoms with E-state index in [9.17, 15) is 0 Å². The molecule has 1 atom stereocenters. The molecule has 2 heteroatoms. The lowest BCUT2D eigenvalue weighted by Gasteiger charge is -2.22. The van der Waals surface area contributed by atoms with Crippen LogP contribution in [0.15, 0.2) is 24.3 Å². The Bertz CT molecular complexity index is 343. The van der Waals surface area contributed by atoms with Crippen LogP contribution in [0.5, 0.6) is 5.75 Å². The summed E-state index contributed by atoms with van der Waals surface area (Å²) in [6.07, 6.45) is 7.52. The summed E-state index contributed by atoms with van der Waals surface area (Å²) >= 11 is 0. The average Bonchev–Trinajstić information content (AvgIpc) is 2.44. The van der Waals surface area contributed by atoms with E-state index >= 15 is 0 Å². The molecule has 1 unspecified atom stereocenters. The third kappa shape index (κ3) is 4.34. The van der Waals surface area contributed by atoms with Crippen LogP contribution < -0.4 is 4.74 Å². The Labute approximate surface area is 110 Å². The van der Waals surface area contributed by atoms with Gasteiger partial charge in [-0.15, -0.1) is 0 Å². The maximum atomic E-state index is 5.84. The van der Waals surface area contributed by atoms with Crippen LogP contribution in [0.1, 0.15) is 44.6 Å². The Morgan fingerprint density at radius 3 is 3.06 bits per heavy atom. The highest BCUT2D eigenvalue weighted by molar-refractivity contribution is 5.28. The molecule has 0 amide bonds. The van der Waals surface area contributed by atoms with Crippen LogP contribution >= 0.6 is 0 Å². The van der Waals surface area contributed by atoms with Gasteiger partial charge in [0.25, 0.3) is 0 Å². The maximum absolute atomic E-state index is 5.84. The largest absolute Gasteiger partial charge is 0.491 e. The first-order valence-corrected chi connectivity index (χ1v) is 7.22. The number of hydrogen-bond acceptors (Lipinski definition) is 2. The molecule has 0 saturated carbocycles. The van der Waals surface area contributed by atoms with Crippen LogP contribution in [0.4, 0.5) is 0 Å². The molecular formula is C16H24O2. The number of unbranched alkanes of at least 4 members (excludes halogenated alkanes) is 1. The highest BCUT2D eigenvalue weighted by Gasteiger charge is 2.14. The van der Waals surface area contributed by atoms with Crippen molar-refractivity contribution in [3.8, 4) is 5.75 Å². The van der Waals surface area contributed by atoms with Gasteiger partial charge in [0.1, 0.15) is 12.4 Å². The Hall–Kier alpha value is -1.02. The van der Waals surface area contributed by atoms with E-state index in [4.69, 9.17) is 9.47 Å². The zero-order chi connectivity index (χ0) is 12.6. The van der Waals surface area contributed by atoms with Gasteiger partial charge in [0.15, 0.2) is 0 Å². The molecule has 0 spiro atoms. The molecule has 2 nitrogen and oxygen atoms in total. The van der Waals surface area contributed by atoms with E-state index in [0.717, 1.165) is 25.2 Å². The monoisotopic (exact) mass is 248 g/mol. The summed E-state index contributed by atoms with van der Waals surface area (Å²) in [6.45, 7) is 3.81. The lowest BCUT2D eigenvalue weighted by atomic mass is 10.1. The second-order valence-corrected chi connectivity index (χ2v) is 5.05. The van der Waals surface area contributed by atoms with Crippen LogP contribution in [-0.4, -0.2) is 19.3 Å². The van der Waals surface area contributed by atoms with E-state index in [-0.39, 0.29) is 6.10 Å². The lowest BCUT2D eigenvalue weighted by molar-refractivity contribution is -0.0110. The van der Waals surface area contributed by atoms with Crippen molar-refractivity contribution in [2.45, 2.75) is 51.6 Å². The van der Waals surface area contributed by atoms with E-state index in [0.29, 0.717) is 6.61 Å². The molecule has 18 heavy (non-hydrogen) atoms. The molecule has 1 saturated heterocycles. The minimum absolute atomic E-state index is 0.290. The number of ether oxygens (including phenoxy) is 2. The first-order valence-electron chi connectivity index (χ1n) is 7.22. The molecule has 0 aliphatic carbocycles. The second-order valence-electron chi connectivity index (χ2n) is 5.05. The number of aryl methyl sites for hydroxylation is 1. The SMILES string of the molecule is CCCCc1cccc(OCC2CCCCO2)c1. The van der Waals surface area contributed by atoms with E-state index < -0.39 is 0 Å². The molecular weight excluding hydrogens is 224 g/mol. The van der Waals surface area contributed by atoms with E-state index in [2.05, 4.69) is 25.1 Å². The molecule has 1 aromatic rings. The van der Waals surface area contributed by atoms with Gasteiger partial charge in [0, 0.05) is 6.61 Å². The molecule has 0 N–H and O–H groups in total. The molecule has 1 fully saturated rings. The van der Waals surface area contributed by atoms with Crippen molar-refractivity contribution in [3.05, 3.63) is 29.8 Å². The van der Waals surface area contributed by atoms with Gasteiger partial charge in [-0.3, -0.25) is 0 Å². The van der Waals surface area contributed by atoms with Crippen LogP contribution in [0, 0.1) is 0 Å². The minimum atomic E-state index is 0.290. The Kier molecular flexibility index (Phi) is 5.53. The van der Waals surface area contributed by atoms with Crippen molar-refractivity contribution in [2.75, 3.05) is 13.2 Å². The van der Waals surface area contributed by atoms with Gasteiger partial charge in [-0.25, -0.2) is 0 Å². The highest BCUT2D eigenvalue weighted by Crippen LogP contribution is 2.18. The first kappa shape index (κ1) is 13.4. The van der Waals surface area contributed by atoms with Crippen molar-refractivity contribution in [2.24, 2.45) is 0 Å². The third-order valence-electron chi connectivity index (χ3n) is 3.43. The molecule has 1 aliphatic rings. The Balaban J connectivity index is 1.80. The lowest BCUT2D eigenvalue weighted by Crippen LogP contribution is -2.25. The van der Waals surface area contributed by atoms with Crippen LogP contribution in [-0.2, 0) is 11.2 Å². The molecule has 1 aliphatic heterocycles. The van der Waals surface area contributed by atoms with Gasteiger partial charge < -0.3 is 9.47 Å². The van der Waals surface area contributed by atoms with Crippen LogP contribution in [0.25, 0.3) is 0 Å². The molecule has 2 rings (SSSR count). The fraction of sp³-hybridized carbons (Fsp3) is 0.625. The van der Waals surface area contributed by atoms with Gasteiger partial charge in [-0.1, -0.05) is 25.5 Å². The van der Waals surface area contributed by atoms with Gasteiger partial charge in [0.2, 0.25) is 0 Å². The normalized spacial score (nSPS) is 19.7. The van der Waals surface area contributed by atoms with Crippen LogP contribution in [0.3, 0.4) is 0 Å². The fourth-order valence-electron chi connectivity index (χ4n) is 2.30. The zero-order valence-electron chi connectivity index (χ0n) is 11.4. The summed E-state index contributed by atoms with van der Waals surface area (Å²) < 4.78 is 11.5. The van der Waals surface area contributed by atoms with Crippen molar-refractivity contribution < 1.29 is 9.47 Å². The molecule has 1 heterocycles. The maximum Gasteiger partial charge on any atom is 0.119 e. The summed E-state index contributed by atoms with van der Waals surface area (Å²) in [7, 11) is 0. The first-order chi connectivity index (χ1) is 8.88. The quantitative estimate of drug-likeness (QED) is 0.758. The van der Waals surface area contributed by atoms with Crippen molar-refractivity contribution in [1.29, 1.82) is 0 Å². The third-order valence-corrected chi connectivity index (χ3v) is 3.43. The van der Waals surface area contributed by atoms with Crippen molar-refractivity contribution >= 4 is 0 Å². The van der Waals surface area contributed by atoms with Gasteiger partial charge >= 0.3 is 0 Å². The summed E-state index contributed by atoms with van der Waals surface area (Å²) in [4.78, 5) is 0. The molecule has 100 valence electrons. The van der Waals surface area contributed by atoms with E-state index in [1.165, 1.54) is 31.2 Å². The summed E-state index contributed by atoms with van der Waals surface area (Å²) in [5.74, 6) is 0.984. The predicted octanol–water partition coefficient (Wildman–Crippen LogP) is 3.98. The summed E-state index contributed by atoms with van der Waals surface area (Å²) in [6, 6.07) is 8.47. The summed E-state index contributed by atoms with van der Waals surface area (Å²) in [5, 5.41) is 0. The topological polar surface area (TPSA) is 18.5 Å². The zero-order valence-corrected chi connectivity index (χ0v) is 11.4. The van der Waals surface area contributed by atoms with E-state index in [1.54, 1.807) is 0 Å². The molecule has 0 radical (unpaired) electrons. The minimum Gasteiger partial charge on any atom is -0.491 e. The average molecular weight is 248 g/mol.